The maximum absolute atomic E-state index is 14.0. The molecule has 0 spiro atoms. The quantitative estimate of drug-likeness (QED) is 0.106. The van der Waals surface area contributed by atoms with Gasteiger partial charge in [0, 0.05) is 22.9 Å². The molecule has 5 rings (SSSR count). The number of carbonyl (C=O) groups is 1. The van der Waals surface area contributed by atoms with Gasteiger partial charge in [0.15, 0.2) is 21.5 Å². The number of fused-ring (bicyclic) bond motifs is 1. The number of allylic oxidation sites excluding steroid dienone is 1. The third-order valence-corrected chi connectivity index (χ3v) is 9.16. The number of nitrogens with zero attached hydrogens (tertiary/aromatic N) is 5. The lowest BCUT2D eigenvalue weighted by Crippen LogP contribution is -2.40. The molecule has 44 heavy (non-hydrogen) atoms. The molecule has 2 aromatic heterocycles. The third-order valence-electron chi connectivity index (χ3n) is 6.54. The number of aromatic nitrogens is 3. The van der Waals surface area contributed by atoms with Gasteiger partial charge < -0.3 is 14.2 Å². The van der Waals surface area contributed by atoms with Crippen molar-refractivity contribution in [1.29, 1.82) is 0 Å². The summed E-state index contributed by atoms with van der Waals surface area (Å²) in [6, 6.07) is 8.79. The van der Waals surface area contributed by atoms with Gasteiger partial charge in [-0.15, -0.1) is 0 Å². The van der Waals surface area contributed by atoms with E-state index in [1.54, 1.807) is 62.6 Å². The van der Waals surface area contributed by atoms with Crippen LogP contribution in [0.1, 0.15) is 31.0 Å². The molecular weight excluding hydrogens is 674 g/mol. The van der Waals surface area contributed by atoms with Crippen LogP contribution in [-0.2, 0) is 9.53 Å². The van der Waals surface area contributed by atoms with Crippen molar-refractivity contribution in [3.05, 3.63) is 105 Å². The van der Waals surface area contributed by atoms with Crippen molar-refractivity contribution in [2.24, 2.45) is 4.99 Å². The maximum Gasteiger partial charge on any atom is 0.338 e. The van der Waals surface area contributed by atoms with Crippen molar-refractivity contribution < 1.29 is 23.9 Å². The van der Waals surface area contributed by atoms with Gasteiger partial charge in [-0.25, -0.2) is 19.8 Å². The van der Waals surface area contributed by atoms with Crippen molar-refractivity contribution in [2.75, 3.05) is 20.8 Å². The van der Waals surface area contributed by atoms with Crippen molar-refractivity contribution >= 4 is 56.8 Å². The molecule has 0 bridgehead atoms. The highest BCUT2D eigenvalue weighted by Gasteiger charge is 2.35. The highest BCUT2D eigenvalue weighted by molar-refractivity contribution is 9.10. The Morgan fingerprint density at radius 2 is 1.89 bits per heavy atom. The molecule has 226 valence electrons. The summed E-state index contributed by atoms with van der Waals surface area (Å²) in [5.41, 5.74) is 0.977. The van der Waals surface area contributed by atoms with Crippen LogP contribution in [0.5, 0.6) is 11.5 Å². The van der Waals surface area contributed by atoms with Gasteiger partial charge in [-0.1, -0.05) is 33.3 Å². The number of carbonyl (C=O) groups excluding carboxylic acids is 1. The molecule has 0 saturated carbocycles. The van der Waals surface area contributed by atoms with Gasteiger partial charge in [0.05, 0.1) is 52.5 Å². The summed E-state index contributed by atoms with van der Waals surface area (Å²) in [6.45, 7) is 3.50. The molecule has 0 N–H and O–H groups in total. The fraction of sp³-hybridized carbons (Fsp3) is 0.207. The third kappa shape index (κ3) is 6.02. The average Bonchev–Trinajstić information content (AvgIpc) is 3.31. The highest BCUT2D eigenvalue weighted by atomic mass is 79.9. The second-order valence-electron chi connectivity index (χ2n) is 9.15. The highest BCUT2D eigenvalue weighted by Crippen LogP contribution is 2.41. The van der Waals surface area contributed by atoms with E-state index < -0.39 is 22.5 Å². The molecule has 1 atom stereocenters. The molecule has 0 saturated heterocycles. The number of nitro groups is 1. The molecular formula is C29H24BrN5O7S2. The first-order chi connectivity index (χ1) is 21.2. The van der Waals surface area contributed by atoms with Crippen LogP contribution in [0.15, 0.2) is 84.4 Å². The second-order valence-corrected chi connectivity index (χ2v) is 12.0. The molecule has 2 aromatic carbocycles. The molecule has 1 aliphatic heterocycles. The average molecular weight is 699 g/mol. The maximum atomic E-state index is 14.0. The number of hydrogen-bond acceptors (Lipinski definition) is 12. The van der Waals surface area contributed by atoms with Crippen LogP contribution in [0.3, 0.4) is 0 Å². The summed E-state index contributed by atoms with van der Waals surface area (Å²) in [4.78, 5) is 52.3. The Labute approximate surface area is 267 Å². The number of benzene rings is 2. The number of esters is 1. The van der Waals surface area contributed by atoms with Crippen LogP contribution in [0.25, 0.3) is 6.08 Å². The van der Waals surface area contributed by atoms with Crippen LogP contribution in [0.4, 0.5) is 5.69 Å². The van der Waals surface area contributed by atoms with E-state index >= 15 is 0 Å². The summed E-state index contributed by atoms with van der Waals surface area (Å²) in [5, 5.41) is 12.3. The lowest BCUT2D eigenvalue weighted by Gasteiger charge is -2.26. The van der Waals surface area contributed by atoms with E-state index in [0.29, 0.717) is 47.6 Å². The van der Waals surface area contributed by atoms with E-state index in [4.69, 9.17) is 14.2 Å². The van der Waals surface area contributed by atoms with E-state index in [1.807, 2.05) is 0 Å². The molecule has 0 fully saturated rings. The topological polar surface area (TPSA) is 148 Å². The molecule has 15 heteroatoms. The standard InChI is InChI=1S/C29H24BrN5O7S2/c1-5-42-27(37)24-15(2)33-29-34(25(24)17-13-20(40-3)21(41-4)14-18(17)30)26(36)23(44-29)12-16-7-8-22(19(11-16)35(38)39)43-28-31-9-6-10-32-28/h6-14,25H,5H2,1-4H3/b23-12+/t25-/m0/s1. The van der Waals surface area contributed by atoms with Crippen LogP contribution >= 0.6 is 39.0 Å². The minimum atomic E-state index is -0.916. The van der Waals surface area contributed by atoms with Gasteiger partial charge in [-0.3, -0.25) is 19.5 Å². The summed E-state index contributed by atoms with van der Waals surface area (Å²) in [6.07, 6.45) is 4.67. The minimum Gasteiger partial charge on any atom is -0.493 e. The van der Waals surface area contributed by atoms with Crippen LogP contribution in [-0.4, -0.2) is 46.3 Å². The van der Waals surface area contributed by atoms with Crippen LogP contribution in [0, 0.1) is 10.1 Å². The zero-order chi connectivity index (χ0) is 31.5. The summed E-state index contributed by atoms with van der Waals surface area (Å²) < 4.78 is 18.6. The summed E-state index contributed by atoms with van der Waals surface area (Å²) >= 11 is 5.75. The molecule has 1 aliphatic rings. The van der Waals surface area contributed by atoms with E-state index in [9.17, 15) is 19.7 Å². The zero-order valence-electron chi connectivity index (χ0n) is 23.8. The predicted molar refractivity (Wildman–Crippen MR) is 167 cm³/mol. The number of rotatable bonds is 9. The first-order valence-electron chi connectivity index (χ1n) is 13.0. The Balaban J connectivity index is 1.67. The predicted octanol–water partition coefficient (Wildman–Crippen LogP) is 4.43. The first-order valence-corrected chi connectivity index (χ1v) is 15.4. The zero-order valence-corrected chi connectivity index (χ0v) is 27.0. The van der Waals surface area contributed by atoms with E-state index in [-0.39, 0.29) is 22.4 Å². The van der Waals surface area contributed by atoms with Gasteiger partial charge in [-0.05, 0) is 67.1 Å². The van der Waals surface area contributed by atoms with E-state index in [2.05, 4.69) is 30.9 Å². The summed E-state index contributed by atoms with van der Waals surface area (Å²) in [5.74, 6) is 0.244. The van der Waals surface area contributed by atoms with Gasteiger partial charge in [-0.2, -0.15) is 0 Å². The van der Waals surface area contributed by atoms with E-state index in [0.717, 1.165) is 23.1 Å². The van der Waals surface area contributed by atoms with Crippen molar-refractivity contribution in [3.8, 4) is 11.5 Å². The fourth-order valence-electron chi connectivity index (χ4n) is 4.61. The van der Waals surface area contributed by atoms with E-state index in [1.165, 1.54) is 24.9 Å². The lowest BCUT2D eigenvalue weighted by atomic mass is 9.95. The minimum absolute atomic E-state index is 0.128. The number of ether oxygens (including phenoxy) is 3. The van der Waals surface area contributed by atoms with Gasteiger partial charge in [0.25, 0.3) is 11.2 Å². The molecule has 3 heterocycles. The Bertz CT molecular complexity index is 1990. The number of thiazole rings is 1. The molecule has 0 aliphatic carbocycles. The summed E-state index contributed by atoms with van der Waals surface area (Å²) in [7, 11) is 3.00. The first kappa shape index (κ1) is 31.1. The lowest BCUT2D eigenvalue weighted by molar-refractivity contribution is -0.387. The molecule has 0 radical (unpaired) electrons. The van der Waals surface area contributed by atoms with Gasteiger partial charge in [0.1, 0.15) is 0 Å². The Morgan fingerprint density at radius 1 is 1.18 bits per heavy atom. The molecule has 0 unspecified atom stereocenters. The largest absolute Gasteiger partial charge is 0.493 e. The number of hydrogen-bond donors (Lipinski definition) is 0. The van der Waals surface area contributed by atoms with Crippen molar-refractivity contribution in [2.45, 2.75) is 29.9 Å². The Hall–Kier alpha value is -4.34. The van der Waals surface area contributed by atoms with Crippen LogP contribution < -0.4 is 24.4 Å². The molecule has 4 aromatic rings. The number of halogens is 1. The normalized spacial score (nSPS) is 14.6. The monoisotopic (exact) mass is 697 g/mol. The second kappa shape index (κ2) is 13.1. The SMILES string of the molecule is CCOC(=O)C1=C(C)N=c2s/c(=C/c3ccc(Sc4ncccn4)c([N+](=O)[O-])c3)c(=O)n2[C@H]1c1cc(OC)c(OC)cc1Br. The Morgan fingerprint density at radius 3 is 2.55 bits per heavy atom. The number of methoxy groups -OCH3 is 2. The molecule has 0 amide bonds. The molecule has 12 nitrogen and oxygen atoms in total. The van der Waals surface area contributed by atoms with Crippen molar-refractivity contribution in [1.82, 2.24) is 14.5 Å². The van der Waals surface area contributed by atoms with Gasteiger partial charge in [0.2, 0.25) is 0 Å². The van der Waals surface area contributed by atoms with Crippen molar-refractivity contribution in [3.63, 3.8) is 0 Å². The Kier molecular flexibility index (Phi) is 9.27. The number of nitro benzene ring substituents is 1. The van der Waals surface area contributed by atoms with Crippen LogP contribution in [0.2, 0.25) is 0 Å². The van der Waals surface area contributed by atoms with Gasteiger partial charge >= 0.3 is 5.97 Å². The fourth-order valence-corrected chi connectivity index (χ4v) is 6.99. The smallest absolute Gasteiger partial charge is 0.338 e.